The Hall–Kier alpha value is -4.68. The molecule has 0 unspecified atom stereocenters. The second kappa shape index (κ2) is 13.4. The maximum Gasteiger partial charge on any atom is 0.416 e. The summed E-state index contributed by atoms with van der Waals surface area (Å²) in [7, 11) is 5.09. The van der Waals surface area contributed by atoms with Crippen LogP contribution in [0.2, 0.25) is 0 Å². The van der Waals surface area contributed by atoms with Crippen LogP contribution < -0.4 is 19.3 Å². The van der Waals surface area contributed by atoms with Crippen molar-refractivity contribution in [2.24, 2.45) is 0 Å². The van der Waals surface area contributed by atoms with E-state index in [1.54, 1.807) is 42.5 Å². The van der Waals surface area contributed by atoms with Crippen molar-refractivity contribution in [2.75, 3.05) is 57.2 Å². The molecule has 1 fully saturated rings. The van der Waals surface area contributed by atoms with Gasteiger partial charge in [-0.2, -0.15) is 13.2 Å². The number of para-hydroxylation sites is 1. The molecule has 9 nitrogen and oxygen atoms in total. The van der Waals surface area contributed by atoms with Gasteiger partial charge in [0.15, 0.2) is 0 Å². The summed E-state index contributed by atoms with van der Waals surface area (Å²) >= 11 is 0. The molecule has 0 aliphatic carbocycles. The average molecular weight is 661 g/mol. The molecule has 6 rings (SSSR count). The molecule has 48 heavy (non-hydrogen) atoms. The van der Waals surface area contributed by atoms with Crippen molar-refractivity contribution in [3.05, 3.63) is 100.0 Å². The Bertz CT molecular complexity index is 1800. The van der Waals surface area contributed by atoms with Crippen LogP contribution in [0.4, 0.5) is 35.2 Å². The number of rotatable bonds is 8. The van der Waals surface area contributed by atoms with Gasteiger partial charge in [-0.1, -0.05) is 24.3 Å². The Kier molecular flexibility index (Phi) is 9.30. The molecule has 3 aromatic carbocycles. The van der Waals surface area contributed by atoms with E-state index in [0.29, 0.717) is 52.1 Å². The quantitative estimate of drug-likeness (QED) is 0.207. The van der Waals surface area contributed by atoms with Gasteiger partial charge in [-0.3, -0.25) is 9.80 Å². The van der Waals surface area contributed by atoms with Gasteiger partial charge in [-0.05, 0) is 67.4 Å². The first kappa shape index (κ1) is 33.2. The second-order valence-corrected chi connectivity index (χ2v) is 12.4. The molecule has 1 aromatic heterocycles. The number of alkyl halides is 3. The Morgan fingerprint density at radius 1 is 0.896 bits per heavy atom. The zero-order chi connectivity index (χ0) is 34.2. The number of nitrogens with zero attached hydrogens (tertiary/aromatic N) is 6. The zero-order valence-corrected chi connectivity index (χ0v) is 27.8. The predicted molar refractivity (Wildman–Crippen MR) is 178 cm³/mol. The molecule has 0 N–H and O–H groups in total. The summed E-state index contributed by atoms with van der Waals surface area (Å²) in [5, 5.41) is 0. The Labute approximate surface area is 278 Å². The van der Waals surface area contributed by atoms with E-state index in [9.17, 15) is 18.0 Å². The van der Waals surface area contributed by atoms with Crippen LogP contribution in [0.25, 0.3) is 0 Å². The highest BCUT2D eigenvalue weighted by Crippen LogP contribution is 2.42. The van der Waals surface area contributed by atoms with Crippen LogP contribution in [-0.4, -0.2) is 73.2 Å². The number of carbonyl (C=O) groups is 1. The molecule has 0 spiro atoms. The van der Waals surface area contributed by atoms with E-state index in [2.05, 4.69) is 14.8 Å². The molecule has 0 bridgehead atoms. The van der Waals surface area contributed by atoms with Gasteiger partial charge in [-0.15, -0.1) is 0 Å². The summed E-state index contributed by atoms with van der Waals surface area (Å²) in [6.45, 7) is 7.85. The van der Waals surface area contributed by atoms with E-state index in [-0.39, 0.29) is 19.0 Å². The van der Waals surface area contributed by atoms with Crippen LogP contribution in [-0.2, 0) is 25.7 Å². The van der Waals surface area contributed by atoms with Crippen LogP contribution in [0.3, 0.4) is 0 Å². The summed E-state index contributed by atoms with van der Waals surface area (Å²) in [5.41, 5.74) is 4.11. The van der Waals surface area contributed by atoms with E-state index in [0.717, 1.165) is 49.1 Å². The maximum atomic E-state index is 14.5. The number of aryl methyl sites for hydroxylation is 2. The van der Waals surface area contributed by atoms with Gasteiger partial charge < -0.3 is 14.4 Å². The van der Waals surface area contributed by atoms with Gasteiger partial charge in [0.25, 0.3) is 0 Å². The molecule has 4 aromatic rings. The first-order chi connectivity index (χ1) is 22.9. The number of carbonyl (C=O) groups excluding carboxylic acids is 1. The molecular formula is C36H39F3N6O3. The van der Waals surface area contributed by atoms with E-state index in [1.807, 2.05) is 39.1 Å². The van der Waals surface area contributed by atoms with Gasteiger partial charge in [0.05, 0.1) is 37.7 Å². The van der Waals surface area contributed by atoms with Crippen molar-refractivity contribution in [3.8, 4) is 11.5 Å². The number of benzene rings is 3. The van der Waals surface area contributed by atoms with Gasteiger partial charge >= 0.3 is 12.2 Å². The maximum absolute atomic E-state index is 14.5. The van der Waals surface area contributed by atoms with Crippen LogP contribution in [0.1, 0.15) is 39.2 Å². The molecule has 2 aliphatic rings. The minimum absolute atomic E-state index is 0.0509. The number of hydrogen-bond acceptors (Lipinski definition) is 7. The summed E-state index contributed by atoms with van der Waals surface area (Å²) in [5.74, 6) is 1.58. The fourth-order valence-electron chi connectivity index (χ4n) is 6.43. The highest BCUT2D eigenvalue weighted by Gasteiger charge is 2.37. The lowest BCUT2D eigenvalue weighted by atomic mass is 10.0. The van der Waals surface area contributed by atoms with E-state index in [1.165, 1.54) is 18.1 Å². The minimum atomic E-state index is -4.51. The van der Waals surface area contributed by atoms with Gasteiger partial charge in [-0.25, -0.2) is 19.7 Å². The largest absolute Gasteiger partial charge is 0.497 e. The molecule has 3 heterocycles. The lowest BCUT2D eigenvalue weighted by Gasteiger charge is -2.37. The molecule has 0 saturated carbocycles. The number of anilines is 3. The number of halogens is 3. The van der Waals surface area contributed by atoms with Crippen molar-refractivity contribution in [3.63, 3.8) is 0 Å². The Morgan fingerprint density at radius 2 is 1.60 bits per heavy atom. The molecule has 252 valence electrons. The zero-order valence-electron chi connectivity index (χ0n) is 27.8. The fraction of sp³-hybridized carbons (Fsp3) is 0.361. The fourth-order valence-corrected chi connectivity index (χ4v) is 6.43. The summed E-state index contributed by atoms with van der Waals surface area (Å²) in [6, 6.07) is 14.8. The molecular weight excluding hydrogens is 621 g/mol. The third-order valence-corrected chi connectivity index (χ3v) is 8.94. The van der Waals surface area contributed by atoms with E-state index < -0.39 is 11.7 Å². The van der Waals surface area contributed by atoms with Crippen molar-refractivity contribution in [1.29, 1.82) is 0 Å². The molecule has 12 heteroatoms. The van der Waals surface area contributed by atoms with E-state index in [4.69, 9.17) is 14.5 Å². The first-order valence-corrected chi connectivity index (χ1v) is 15.8. The second-order valence-electron chi connectivity index (χ2n) is 12.4. The third-order valence-electron chi connectivity index (χ3n) is 8.94. The van der Waals surface area contributed by atoms with Crippen molar-refractivity contribution in [2.45, 2.75) is 39.5 Å². The van der Waals surface area contributed by atoms with Crippen LogP contribution >= 0.6 is 0 Å². The number of methoxy groups -OCH3 is 2. The predicted octanol–water partition coefficient (Wildman–Crippen LogP) is 6.75. The highest BCUT2D eigenvalue weighted by atomic mass is 19.4. The Morgan fingerprint density at radius 3 is 2.27 bits per heavy atom. The summed E-state index contributed by atoms with van der Waals surface area (Å²) in [4.78, 5) is 31.5. The average Bonchev–Trinajstić information content (AvgIpc) is 3.05. The number of hydrogen-bond donors (Lipinski definition) is 0. The standard InChI is InChI=1S/C36H39F3N6O3/c1-23-7-6-8-24(2)33(23)44-22-27-20-40-32(41-34(27)45(35(44)46)30-10-9-29(47-4)19-31(30)48-5)18-25-15-26(17-28(16-25)36(37,38)39)21-43-13-11-42(3)12-14-43/h6-10,15-17,19-20H,11-14,18,21-22H2,1-5H3. The number of fused-ring (bicyclic) bond motifs is 1. The molecule has 0 radical (unpaired) electrons. The lowest BCUT2D eigenvalue weighted by Crippen LogP contribution is -2.46. The lowest BCUT2D eigenvalue weighted by molar-refractivity contribution is -0.137. The van der Waals surface area contributed by atoms with Gasteiger partial charge in [0, 0.05) is 57.0 Å². The normalized spacial score (nSPS) is 15.9. The Balaban J connectivity index is 1.41. The smallest absolute Gasteiger partial charge is 0.416 e. The number of amides is 2. The molecule has 0 atom stereocenters. The van der Waals surface area contributed by atoms with Crippen molar-refractivity contribution >= 4 is 23.2 Å². The van der Waals surface area contributed by atoms with Crippen LogP contribution in [0.15, 0.2) is 60.8 Å². The molecule has 2 amide bonds. The van der Waals surface area contributed by atoms with Crippen molar-refractivity contribution < 1.29 is 27.4 Å². The monoisotopic (exact) mass is 660 g/mol. The van der Waals surface area contributed by atoms with Gasteiger partial charge in [0.2, 0.25) is 0 Å². The minimum Gasteiger partial charge on any atom is -0.497 e. The first-order valence-electron chi connectivity index (χ1n) is 15.8. The number of likely N-dealkylation sites (N-methyl/N-ethyl adjacent to an activating group) is 1. The van der Waals surface area contributed by atoms with Crippen LogP contribution in [0.5, 0.6) is 11.5 Å². The summed E-state index contributed by atoms with van der Waals surface area (Å²) < 4.78 is 53.3. The molecule has 2 aliphatic heterocycles. The van der Waals surface area contributed by atoms with Gasteiger partial charge in [0.1, 0.15) is 23.1 Å². The highest BCUT2D eigenvalue weighted by molar-refractivity contribution is 6.11. The number of piperazine rings is 1. The number of ether oxygens (including phenoxy) is 2. The number of aromatic nitrogens is 2. The van der Waals surface area contributed by atoms with Crippen LogP contribution in [0, 0.1) is 13.8 Å². The molecule has 1 saturated heterocycles. The van der Waals surface area contributed by atoms with E-state index >= 15 is 0 Å². The third kappa shape index (κ3) is 6.81. The van der Waals surface area contributed by atoms with Crippen molar-refractivity contribution in [1.82, 2.24) is 19.8 Å². The number of urea groups is 1. The topological polar surface area (TPSA) is 74.3 Å². The summed E-state index contributed by atoms with van der Waals surface area (Å²) in [6.07, 6.45) is -2.79. The SMILES string of the molecule is COc1ccc(N2C(=O)N(c3c(C)cccc3C)Cc3cnc(Cc4cc(CN5CCN(C)CC5)cc(C(F)(F)F)c4)nc32)c(OC)c1.